The molecule has 0 saturated carbocycles. The molecule has 0 heterocycles. The van der Waals surface area contributed by atoms with Crippen molar-refractivity contribution >= 4 is 33.6 Å². The number of phosphoric ester groups is 2. The fraction of sp³-hybridized carbons (Fsp3) is 0.716. The smallest absolute Gasteiger partial charge is 0.463 e. The molecule has 18 heteroatoms. The lowest BCUT2D eigenvalue weighted by Gasteiger charge is -2.21. The summed E-state index contributed by atoms with van der Waals surface area (Å²) < 4.78 is 60.7. The normalized spacial score (nSPS) is 15.0. The van der Waals surface area contributed by atoms with Gasteiger partial charge in [0.15, 0.2) is 6.10 Å². The zero-order valence-electron chi connectivity index (χ0n) is 52.8. The number of carbonyl (C=O) groups is 3. The lowest BCUT2D eigenvalue weighted by Crippen LogP contribution is -2.30. The topological polar surface area (TPSA) is 231 Å². The van der Waals surface area contributed by atoms with E-state index >= 15 is 0 Å². The second-order valence-electron chi connectivity index (χ2n) is 21.6. The zero-order valence-corrected chi connectivity index (χ0v) is 54.5. The van der Waals surface area contributed by atoms with Crippen molar-refractivity contribution in [3.05, 3.63) is 97.2 Å². The summed E-state index contributed by atoms with van der Waals surface area (Å²) in [6.45, 7) is 2.44. The van der Waals surface area contributed by atoms with E-state index in [-0.39, 0.29) is 19.3 Å². The molecule has 0 amide bonds. The van der Waals surface area contributed by atoms with Crippen LogP contribution in [-0.2, 0) is 55.8 Å². The SMILES string of the molecule is CCC/C=C\C/C=C\CCCCCCCC(=O)OCC(COP(=O)(O)OCC(O)COP(=O)(O)OCC(O)COC(=O)CCCCCCCCC/C=C\C/C=C\C/C=C\C/C=C\CCCCC)OC(=O)CCCCCCC/C=C\C/C=C\CCC. The van der Waals surface area contributed by atoms with Gasteiger partial charge >= 0.3 is 33.6 Å². The highest BCUT2D eigenvalue weighted by molar-refractivity contribution is 7.47. The lowest BCUT2D eigenvalue weighted by molar-refractivity contribution is -0.161. The van der Waals surface area contributed by atoms with Gasteiger partial charge in [-0.05, 0) is 116 Å². The molecule has 0 aliphatic rings. The third-order valence-corrected chi connectivity index (χ3v) is 15.1. The number of unbranched alkanes of at least 4 members (excludes halogenated alkanes) is 22. The minimum atomic E-state index is -4.92. The molecule has 0 aromatic heterocycles. The molecular weight excluding hydrogens is 1120 g/mol. The van der Waals surface area contributed by atoms with E-state index in [1.165, 1.54) is 25.7 Å². The molecule has 490 valence electrons. The number of phosphoric acid groups is 2. The number of aliphatic hydroxyl groups excluding tert-OH is 2. The number of aliphatic hydroxyl groups is 2. The molecule has 0 bridgehead atoms. The van der Waals surface area contributed by atoms with Crippen LogP contribution in [0.2, 0.25) is 0 Å². The van der Waals surface area contributed by atoms with Gasteiger partial charge in [-0.1, -0.05) is 214 Å². The van der Waals surface area contributed by atoms with Crippen molar-refractivity contribution in [2.45, 2.75) is 270 Å². The maximum atomic E-state index is 12.8. The molecular formula is C67H116O16P2. The van der Waals surface area contributed by atoms with Crippen LogP contribution in [0.25, 0.3) is 0 Å². The van der Waals surface area contributed by atoms with Gasteiger partial charge < -0.3 is 34.2 Å². The Morgan fingerprint density at radius 2 is 0.612 bits per heavy atom. The second-order valence-corrected chi connectivity index (χ2v) is 24.5. The summed E-state index contributed by atoms with van der Waals surface area (Å²) in [7, 11) is -9.78. The highest BCUT2D eigenvalue weighted by atomic mass is 31.2. The number of hydrogen-bond acceptors (Lipinski definition) is 14. The molecule has 0 aromatic rings. The molecule has 0 radical (unpaired) electrons. The minimum Gasteiger partial charge on any atom is -0.463 e. The molecule has 0 aliphatic heterocycles. The first-order valence-electron chi connectivity index (χ1n) is 32.5. The molecule has 0 rings (SSSR count). The number of esters is 3. The first-order chi connectivity index (χ1) is 41.2. The Morgan fingerprint density at radius 3 is 0.976 bits per heavy atom. The lowest BCUT2D eigenvalue weighted by atomic mass is 10.1. The molecule has 5 unspecified atom stereocenters. The van der Waals surface area contributed by atoms with E-state index in [0.29, 0.717) is 19.3 Å². The van der Waals surface area contributed by atoms with Gasteiger partial charge in [-0.2, -0.15) is 0 Å². The van der Waals surface area contributed by atoms with Crippen LogP contribution in [0, 0.1) is 0 Å². The van der Waals surface area contributed by atoms with Crippen molar-refractivity contribution in [1.29, 1.82) is 0 Å². The molecule has 85 heavy (non-hydrogen) atoms. The van der Waals surface area contributed by atoms with E-state index < -0.39 is 91.5 Å². The maximum Gasteiger partial charge on any atom is 0.472 e. The second kappa shape index (κ2) is 60.7. The molecule has 0 spiro atoms. The molecule has 0 fully saturated rings. The fourth-order valence-electron chi connectivity index (χ4n) is 8.22. The van der Waals surface area contributed by atoms with E-state index in [1.54, 1.807) is 0 Å². The first kappa shape index (κ1) is 81.5. The van der Waals surface area contributed by atoms with Gasteiger partial charge in [0.1, 0.15) is 25.4 Å². The zero-order chi connectivity index (χ0) is 62.4. The largest absolute Gasteiger partial charge is 0.472 e. The van der Waals surface area contributed by atoms with Gasteiger partial charge in [0.05, 0.1) is 26.4 Å². The Kier molecular flexibility index (Phi) is 58.2. The Morgan fingerprint density at radius 1 is 0.329 bits per heavy atom. The van der Waals surface area contributed by atoms with Crippen LogP contribution in [0.3, 0.4) is 0 Å². The number of allylic oxidation sites excluding steroid dienone is 16. The van der Waals surface area contributed by atoms with Crippen LogP contribution in [0.5, 0.6) is 0 Å². The molecule has 4 N–H and O–H groups in total. The molecule has 16 nitrogen and oxygen atoms in total. The summed E-state index contributed by atoms with van der Waals surface area (Å²) in [4.78, 5) is 58.2. The van der Waals surface area contributed by atoms with Crippen molar-refractivity contribution in [2.75, 3.05) is 39.6 Å². The van der Waals surface area contributed by atoms with E-state index in [2.05, 4.69) is 118 Å². The molecule has 5 atom stereocenters. The highest BCUT2D eigenvalue weighted by Gasteiger charge is 2.29. The van der Waals surface area contributed by atoms with Gasteiger partial charge in [0.25, 0.3) is 0 Å². The summed E-state index contributed by atoms with van der Waals surface area (Å²) in [6.07, 6.45) is 64.7. The third kappa shape index (κ3) is 61.9. The number of hydrogen-bond donors (Lipinski definition) is 4. The Labute approximate surface area is 514 Å². The quantitative estimate of drug-likeness (QED) is 0.0146. The summed E-state index contributed by atoms with van der Waals surface area (Å²) in [5.74, 6) is -1.62. The fourth-order valence-corrected chi connectivity index (χ4v) is 9.80. The number of carbonyl (C=O) groups excluding carboxylic acids is 3. The summed E-state index contributed by atoms with van der Waals surface area (Å²) in [5.41, 5.74) is 0. The number of rotatable bonds is 61. The molecule has 0 saturated heterocycles. The van der Waals surface area contributed by atoms with E-state index in [9.17, 15) is 43.5 Å². The Balaban J connectivity index is 4.58. The van der Waals surface area contributed by atoms with Crippen molar-refractivity contribution in [3.63, 3.8) is 0 Å². The number of ether oxygens (including phenoxy) is 3. The van der Waals surface area contributed by atoms with Crippen molar-refractivity contribution in [1.82, 2.24) is 0 Å². The summed E-state index contributed by atoms with van der Waals surface area (Å²) in [5, 5.41) is 20.5. The van der Waals surface area contributed by atoms with Crippen molar-refractivity contribution in [2.24, 2.45) is 0 Å². The van der Waals surface area contributed by atoms with Gasteiger partial charge in [-0.3, -0.25) is 32.5 Å². The monoisotopic (exact) mass is 1240 g/mol. The van der Waals surface area contributed by atoms with E-state index in [0.717, 1.165) is 167 Å². The van der Waals surface area contributed by atoms with Gasteiger partial charge in [0.2, 0.25) is 0 Å². The van der Waals surface area contributed by atoms with Gasteiger partial charge in [-0.15, -0.1) is 0 Å². The molecule has 0 aliphatic carbocycles. The van der Waals surface area contributed by atoms with Crippen molar-refractivity contribution < 1.29 is 75.8 Å². The standard InChI is InChI=1S/C67H116O16P2/c1-4-7-10-13-16-19-22-25-26-27-28-29-30-31-32-33-34-37-39-41-44-47-50-53-65(70)77-56-62(68)57-79-84(73,74)80-58-63(69)59-81-85(75,76)82-61-64(83-67(72)55-52-49-46-43-40-36-24-21-18-15-12-9-6-3)60-78-66(71)54-51-48-45-42-38-35-23-20-17-14-11-8-5-2/h11-12,14-16,19-21,23-26,28-29,31-32,62-64,68-69H,4-10,13,17-18,22,27,30,33-61H2,1-3H3,(H,73,74)(H,75,76)/b14-11-,15-12-,19-16-,23-20-,24-21-,26-25-,29-28-,32-31-. The van der Waals surface area contributed by atoms with Crippen LogP contribution in [0.4, 0.5) is 0 Å². The van der Waals surface area contributed by atoms with E-state index in [4.69, 9.17) is 32.3 Å². The van der Waals surface area contributed by atoms with Crippen LogP contribution in [-0.4, -0.2) is 95.9 Å². The van der Waals surface area contributed by atoms with Crippen molar-refractivity contribution in [3.8, 4) is 0 Å². The maximum absolute atomic E-state index is 12.8. The molecule has 0 aromatic carbocycles. The minimum absolute atomic E-state index is 0.0840. The van der Waals surface area contributed by atoms with E-state index in [1.807, 2.05) is 0 Å². The van der Waals surface area contributed by atoms with Crippen LogP contribution in [0.15, 0.2) is 97.2 Å². The Hall–Kier alpha value is -3.53. The summed E-state index contributed by atoms with van der Waals surface area (Å²) in [6, 6.07) is 0. The highest BCUT2D eigenvalue weighted by Crippen LogP contribution is 2.45. The first-order valence-corrected chi connectivity index (χ1v) is 35.5. The third-order valence-electron chi connectivity index (χ3n) is 13.2. The van der Waals surface area contributed by atoms with Crippen LogP contribution in [0.1, 0.15) is 252 Å². The van der Waals surface area contributed by atoms with Gasteiger partial charge in [0, 0.05) is 19.3 Å². The van der Waals surface area contributed by atoms with Gasteiger partial charge in [-0.25, -0.2) is 9.13 Å². The summed E-state index contributed by atoms with van der Waals surface area (Å²) >= 11 is 0. The predicted octanol–water partition coefficient (Wildman–Crippen LogP) is 17.5. The Bertz CT molecular complexity index is 1940. The van der Waals surface area contributed by atoms with Crippen LogP contribution >= 0.6 is 15.6 Å². The average Bonchev–Trinajstić information content (AvgIpc) is 3.51. The van der Waals surface area contributed by atoms with Crippen LogP contribution < -0.4 is 0 Å². The predicted molar refractivity (Wildman–Crippen MR) is 344 cm³/mol. The average molecular weight is 1240 g/mol.